The molecule has 4 rings (SSSR count). The van der Waals surface area contributed by atoms with E-state index in [-0.39, 0.29) is 11.7 Å². The van der Waals surface area contributed by atoms with Crippen molar-refractivity contribution in [2.24, 2.45) is 5.10 Å². The van der Waals surface area contributed by atoms with E-state index in [0.717, 1.165) is 16.8 Å². The molecule has 3 aromatic carbocycles. The highest BCUT2D eigenvalue weighted by Gasteiger charge is 2.17. The number of carbonyl (C=O) groups is 1. The summed E-state index contributed by atoms with van der Waals surface area (Å²) in [5.74, 6) is 0.554. The van der Waals surface area contributed by atoms with Crippen molar-refractivity contribution in [3.63, 3.8) is 0 Å². The Bertz CT molecular complexity index is 1340. The summed E-state index contributed by atoms with van der Waals surface area (Å²) in [5, 5.41) is 14.6. The van der Waals surface area contributed by atoms with Crippen LogP contribution in [0.25, 0.3) is 17.1 Å². The first kappa shape index (κ1) is 24.0. The van der Waals surface area contributed by atoms with Gasteiger partial charge in [-0.15, -0.1) is 10.2 Å². The molecule has 0 radical (unpaired) electrons. The van der Waals surface area contributed by atoms with Crippen molar-refractivity contribution in [2.75, 3.05) is 5.75 Å². The van der Waals surface area contributed by atoms with Crippen LogP contribution in [0.4, 0.5) is 0 Å². The molecule has 1 amide bonds. The number of carbonyl (C=O) groups excluding carboxylic acids is 1. The molecule has 0 saturated heterocycles. The van der Waals surface area contributed by atoms with Gasteiger partial charge in [-0.25, -0.2) is 5.43 Å². The van der Waals surface area contributed by atoms with E-state index in [1.54, 1.807) is 25.1 Å². The maximum atomic E-state index is 12.5. The van der Waals surface area contributed by atoms with Crippen LogP contribution in [0.15, 0.2) is 83.1 Å². The third-order valence-corrected chi connectivity index (χ3v) is 6.44. The standard InChI is InChI=1S/C25H21Cl2N5OS/c1-16-8-10-18(11-9-16)24-30-31-25(32(24)20-6-4-3-5-7-20)34-15-23(33)29-28-17(2)21-13-12-19(26)14-22(21)27/h3-14H,15H2,1-2H3,(H,29,33)/b28-17+. The maximum absolute atomic E-state index is 12.5. The normalized spacial score (nSPS) is 11.5. The minimum absolute atomic E-state index is 0.115. The number of aryl methyl sites for hydroxylation is 1. The molecule has 172 valence electrons. The summed E-state index contributed by atoms with van der Waals surface area (Å²) in [5.41, 5.74) is 6.87. The number of aromatic nitrogens is 3. The molecule has 1 heterocycles. The fourth-order valence-electron chi connectivity index (χ4n) is 3.21. The van der Waals surface area contributed by atoms with Gasteiger partial charge in [0.15, 0.2) is 11.0 Å². The first-order chi connectivity index (χ1) is 16.4. The zero-order valence-corrected chi connectivity index (χ0v) is 20.8. The number of thioether (sulfide) groups is 1. The number of amides is 1. The second-order valence-corrected chi connectivity index (χ2v) is 9.27. The molecule has 34 heavy (non-hydrogen) atoms. The first-order valence-electron chi connectivity index (χ1n) is 10.4. The molecule has 0 aliphatic heterocycles. The van der Waals surface area contributed by atoms with Crippen molar-refractivity contribution in [3.05, 3.63) is 94.0 Å². The average molecular weight is 510 g/mol. The lowest BCUT2D eigenvalue weighted by Gasteiger charge is -2.10. The minimum atomic E-state index is -0.270. The quantitative estimate of drug-likeness (QED) is 0.183. The van der Waals surface area contributed by atoms with Crippen LogP contribution in [0.5, 0.6) is 0 Å². The van der Waals surface area contributed by atoms with Crippen LogP contribution in [0.2, 0.25) is 10.0 Å². The van der Waals surface area contributed by atoms with Gasteiger partial charge in [0, 0.05) is 21.8 Å². The van der Waals surface area contributed by atoms with Crippen LogP contribution >= 0.6 is 35.0 Å². The molecule has 0 aliphatic carbocycles. The van der Waals surface area contributed by atoms with Gasteiger partial charge >= 0.3 is 0 Å². The van der Waals surface area contributed by atoms with Gasteiger partial charge in [0.25, 0.3) is 5.91 Å². The highest BCUT2D eigenvalue weighted by Crippen LogP contribution is 2.28. The zero-order valence-electron chi connectivity index (χ0n) is 18.5. The van der Waals surface area contributed by atoms with E-state index in [0.29, 0.717) is 32.3 Å². The van der Waals surface area contributed by atoms with Crippen molar-refractivity contribution in [2.45, 2.75) is 19.0 Å². The monoisotopic (exact) mass is 509 g/mol. The van der Waals surface area contributed by atoms with Gasteiger partial charge in [0.05, 0.1) is 16.5 Å². The number of halogens is 2. The summed E-state index contributed by atoms with van der Waals surface area (Å²) < 4.78 is 1.95. The molecule has 4 aromatic rings. The second-order valence-electron chi connectivity index (χ2n) is 7.49. The average Bonchev–Trinajstić information content (AvgIpc) is 3.26. The third kappa shape index (κ3) is 5.67. The molecule has 0 saturated carbocycles. The number of rotatable bonds is 7. The predicted molar refractivity (Wildman–Crippen MR) is 139 cm³/mol. The smallest absolute Gasteiger partial charge is 0.250 e. The largest absolute Gasteiger partial charge is 0.272 e. The first-order valence-corrected chi connectivity index (χ1v) is 12.2. The summed E-state index contributed by atoms with van der Waals surface area (Å²) >= 11 is 13.4. The molecule has 0 bridgehead atoms. The molecule has 6 nitrogen and oxygen atoms in total. The Morgan fingerprint density at radius 1 is 1.03 bits per heavy atom. The van der Waals surface area contributed by atoms with Crippen molar-refractivity contribution in [1.82, 2.24) is 20.2 Å². The Morgan fingerprint density at radius 3 is 2.47 bits per heavy atom. The van der Waals surface area contributed by atoms with E-state index < -0.39 is 0 Å². The topological polar surface area (TPSA) is 72.2 Å². The van der Waals surface area contributed by atoms with Gasteiger partial charge in [0.1, 0.15) is 0 Å². The lowest BCUT2D eigenvalue weighted by Crippen LogP contribution is -2.21. The van der Waals surface area contributed by atoms with Crippen LogP contribution in [-0.2, 0) is 4.79 Å². The van der Waals surface area contributed by atoms with Gasteiger partial charge in [0.2, 0.25) is 0 Å². The summed E-state index contributed by atoms with van der Waals surface area (Å²) in [7, 11) is 0. The summed E-state index contributed by atoms with van der Waals surface area (Å²) in [6, 6.07) is 23.0. The van der Waals surface area contributed by atoms with Crippen molar-refractivity contribution in [1.29, 1.82) is 0 Å². The number of nitrogens with zero attached hydrogens (tertiary/aromatic N) is 4. The van der Waals surface area contributed by atoms with Crippen LogP contribution in [0.1, 0.15) is 18.1 Å². The van der Waals surface area contributed by atoms with Crippen LogP contribution in [0.3, 0.4) is 0 Å². The number of hydrogen-bond donors (Lipinski definition) is 1. The van der Waals surface area contributed by atoms with Gasteiger partial charge in [-0.3, -0.25) is 9.36 Å². The molecule has 0 aliphatic rings. The lowest BCUT2D eigenvalue weighted by atomic mass is 10.1. The van der Waals surface area contributed by atoms with Crippen LogP contribution in [0, 0.1) is 6.92 Å². The molecule has 1 aromatic heterocycles. The highest BCUT2D eigenvalue weighted by atomic mass is 35.5. The van der Waals surface area contributed by atoms with Crippen molar-refractivity contribution in [3.8, 4) is 17.1 Å². The molecule has 0 atom stereocenters. The Balaban J connectivity index is 1.51. The number of hydrazone groups is 1. The molecule has 0 spiro atoms. The van der Waals surface area contributed by atoms with Crippen LogP contribution in [-0.4, -0.2) is 32.1 Å². The van der Waals surface area contributed by atoms with E-state index in [1.165, 1.54) is 11.8 Å². The Morgan fingerprint density at radius 2 is 1.76 bits per heavy atom. The predicted octanol–water partition coefficient (Wildman–Crippen LogP) is 6.18. The van der Waals surface area contributed by atoms with Gasteiger partial charge in [-0.1, -0.05) is 89.1 Å². The van der Waals surface area contributed by atoms with Crippen molar-refractivity contribution < 1.29 is 4.79 Å². The summed E-state index contributed by atoms with van der Waals surface area (Å²) in [6.07, 6.45) is 0. The molecule has 1 N–H and O–H groups in total. The van der Waals surface area contributed by atoms with Crippen molar-refractivity contribution >= 4 is 46.6 Å². The van der Waals surface area contributed by atoms with Gasteiger partial charge in [-0.2, -0.15) is 5.10 Å². The Kier molecular flexibility index (Phi) is 7.67. The third-order valence-electron chi connectivity index (χ3n) is 4.96. The van der Waals surface area contributed by atoms with E-state index in [4.69, 9.17) is 23.2 Å². The van der Waals surface area contributed by atoms with E-state index in [2.05, 4.69) is 20.7 Å². The maximum Gasteiger partial charge on any atom is 0.250 e. The number of benzene rings is 3. The fourth-order valence-corrected chi connectivity index (χ4v) is 4.50. The van der Waals surface area contributed by atoms with E-state index in [1.807, 2.05) is 66.1 Å². The zero-order chi connectivity index (χ0) is 24.1. The SMILES string of the molecule is C/C(=N\NC(=O)CSc1nnc(-c2ccc(C)cc2)n1-c1ccccc1)c1ccc(Cl)cc1Cl. The fraction of sp³-hybridized carbons (Fsp3) is 0.120. The summed E-state index contributed by atoms with van der Waals surface area (Å²) in [6.45, 7) is 3.80. The molecule has 9 heteroatoms. The number of para-hydroxylation sites is 1. The summed E-state index contributed by atoms with van der Waals surface area (Å²) in [4.78, 5) is 12.5. The highest BCUT2D eigenvalue weighted by molar-refractivity contribution is 7.99. The molecule has 0 fully saturated rings. The Labute approximate surface area is 212 Å². The molecular formula is C25H21Cl2N5OS. The van der Waals surface area contributed by atoms with Gasteiger partial charge in [-0.05, 0) is 38.1 Å². The minimum Gasteiger partial charge on any atom is -0.272 e. The van der Waals surface area contributed by atoms with E-state index >= 15 is 0 Å². The van der Waals surface area contributed by atoms with E-state index in [9.17, 15) is 4.79 Å². The lowest BCUT2D eigenvalue weighted by molar-refractivity contribution is -0.118. The number of nitrogens with one attached hydrogen (secondary N) is 1. The Hall–Kier alpha value is -3.13. The molecule has 0 unspecified atom stereocenters. The molecular weight excluding hydrogens is 489 g/mol. The van der Waals surface area contributed by atoms with Gasteiger partial charge < -0.3 is 0 Å². The van der Waals surface area contributed by atoms with Crippen LogP contribution < -0.4 is 5.43 Å². The number of hydrogen-bond acceptors (Lipinski definition) is 5. The second kappa shape index (κ2) is 10.9.